The summed E-state index contributed by atoms with van der Waals surface area (Å²) in [6.07, 6.45) is 0. The Kier molecular flexibility index (Phi) is 6.10. The van der Waals surface area contributed by atoms with Gasteiger partial charge in [0.2, 0.25) is 0 Å². The molecule has 0 fully saturated rings. The molecule has 0 heterocycles. The Morgan fingerprint density at radius 1 is 0.815 bits per heavy atom. The predicted octanol–water partition coefficient (Wildman–Crippen LogP) is 5.40. The Labute approximate surface area is 159 Å². The van der Waals surface area contributed by atoms with Gasteiger partial charge < -0.3 is 14.8 Å². The van der Waals surface area contributed by atoms with Gasteiger partial charge in [0.05, 0.1) is 13.2 Å². The monoisotopic (exact) mass is 361 g/mol. The number of hydrogen-bond donors (Lipinski definition) is 1. The van der Waals surface area contributed by atoms with Crippen LogP contribution in [0.1, 0.15) is 24.2 Å². The molecule has 0 radical (unpaired) electrons. The van der Waals surface area contributed by atoms with Crippen molar-refractivity contribution in [3.05, 3.63) is 78.4 Å². The summed E-state index contributed by atoms with van der Waals surface area (Å²) in [5.41, 5.74) is 3.31. The molecule has 0 spiro atoms. The molecule has 138 valence electrons. The van der Waals surface area contributed by atoms with Crippen molar-refractivity contribution in [2.75, 3.05) is 18.5 Å². The summed E-state index contributed by atoms with van der Waals surface area (Å²) in [6.45, 7) is 4.85. The van der Waals surface area contributed by atoms with Gasteiger partial charge in [-0.05, 0) is 43.7 Å². The van der Waals surface area contributed by atoms with E-state index in [-0.39, 0.29) is 5.91 Å². The fraction of sp³-hybridized carbons (Fsp3) is 0.174. The van der Waals surface area contributed by atoms with Crippen molar-refractivity contribution in [3.63, 3.8) is 0 Å². The third-order valence-electron chi connectivity index (χ3n) is 4.07. The minimum Gasteiger partial charge on any atom is -0.490 e. The van der Waals surface area contributed by atoms with Crippen LogP contribution in [0.25, 0.3) is 11.1 Å². The Morgan fingerprint density at radius 2 is 1.48 bits per heavy atom. The molecule has 1 amide bonds. The highest BCUT2D eigenvalue weighted by molar-refractivity contribution is 6.06. The van der Waals surface area contributed by atoms with Crippen LogP contribution in [0.5, 0.6) is 11.5 Å². The Balaban J connectivity index is 1.87. The van der Waals surface area contributed by atoms with E-state index in [0.29, 0.717) is 30.3 Å². The molecule has 0 saturated carbocycles. The highest BCUT2D eigenvalue weighted by atomic mass is 16.5. The van der Waals surface area contributed by atoms with E-state index in [9.17, 15) is 4.79 Å². The van der Waals surface area contributed by atoms with E-state index in [1.807, 2.05) is 68.4 Å². The third-order valence-corrected chi connectivity index (χ3v) is 4.07. The first-order chi connectivity index (χ1) is 13.2. The van der Waals surface area contributed by atoms with Gasteiger partial charge in [0.25, 0.3) is 5.91 Å². The summed E-state index contributed by atoms with van der Waals surface area (Å²) >= 11 is 0. The predicted molar refractivity (Wildman–Crippen MR) is 109 cm³/mol. The second-order valence-electron chi connectivity index (χ2n) is 5.89. The average Bonchev–Trinajstić information content (AvgIpc) is 2.70. The number of ether oxygens (including phenoxy) is 2. The van der Waals surface area contributed by atoms with E-state index in [2.05, 4.69) is 5.32 Å². The number of nitrogens with one attached hydrogen (secondary N) is 1. The van der Waals surface area contributed by atoms with Gasteiger partial charge in [-0.25, -0.2) is 0 Å². The SMILES string of the molecule is CCOc1ccc(C(=O)Nc2ccccc2-c2ccccc2)cc1OCC. The highest BCUT2D eigenvalue weighted by Gasteiger charge is 2.13. The minimum absolute atomic E-state index is 0.192. The fourth-order valence-electron chi connectivity index (χ4n) is 2.85. The van der Waals surface area contributed by atoms with Crippen LogP contribution in [0.3, 0.4) is 0 Å². The molecule has 3 aromatic rings. The number of benzene rings is 3. The lowest BCUT2D eigenvalue weighted by Crippen LogP contribution is -2.13. The molecule has 3 aromatic carbocycles. The van der Waals surface area contributed by atoms with Crippen LogP contribution in [0.4, 0.5) is 5.69 Å². The normalized spacial score (nSPS) is 10.3. The molecule has 0 atom stereocenters. The Bertz CT molecular complexity index is 907. The first-order valence-corrected chi connectivity index (χ1v) is 9.08. The summed E-state index contributed by atoms with van der Waals surface area (Å²) in [7, 11) is 0. The first-order valence-electron chi connectivity index (χ1n) is 9.08. The molecule has 3 rings (SSSR count). The largest absolute Gasteiger partial charge is 0.490 e. The second-order valence-corrected chi connectivity index (χ2v) is 5.89. The van der Waals surface area contributed by atoms with Gasteiger partial charge in [0.1, 0.15) is 0 Å². The number of carbonyl (C=O) groups excluding carboxylic acids is 1. The maximum atomic E-state index is 12.8. The molecule has 27 heavy (non-hydrogen) atoms. The van der Waals surface area contributed by atoms with E-state index < -0.39 is 0 Å². The number of carbonyl (C=O) groups is 1. The molecule has 1 N–H and O–H groups in total. The molecule has 0 aliphatic carbocycles. The van der Waals surface area contributed by atoms with Gasteiger partial charge in [-0.3, -0.25) is 4.79 Å². The number of amides is 1. The topological polar surface area (TPSA) is 47.6 Å². The molecule has 0 saturated heterocycles. The van der Waals surface area contributed by atoms with E-state index in [1.54, 1.807) is 18.2 Å². The lowest BCUT2D eigenvalue weighted by molar-refractivity contribution is 0.102. The van der Waals surface area contributed by atoms with Crippen molar-refractivity contribution < 1.29 is 14.3 Å². The van der Waals surface area contributed by atoms with Crippen LogP contribution in [-0.4, -0.2) is 19.1 Å². The molecule has 0 aromatic heterocycles. The third kappa shape index (κ3) is 4.47. The molecule has 0 bridgehead atoms. The Morgan fingerprint density at radius 3 is 2.22 bits per heavy atom. The average molecular weight is 361 g/mol. The summed E-state index contributed by atoms with van der Waals surface area (Å²) < 4.78 is 11.2. The number of anilines is 1. The molecule has 4 heteroatoms. The zero-order valence-corrected chi connectivity index (χ0v) is 15.6. The van der Waals surface area contributed by atoms with Gasteiger partial charge in [0, 0.05) is 16.8 Å². The van der Waals surface area contributed by atoms with Crippen LogP contribution < -0.4 is 14.8 Å². The lowest BCUT2D eigenvalue weighted by Gasteiger charge is -2.14. The van der Waals surface area contributed by atoms with E-state index in [4.69, 9.17) is 9.47 Å². The minimum atomic E-state index is -0.192. The van der Waals surface area contributed by atoms with Crippen LogP contribution in [0, 0.1) is 0 Å². The van der Waals surface area contributed by atoms with Crippen LogP contribution >= 0.6 is 0 Å². The van der Waals surface area contributed by atoms with Gasteiger partial charge in [-0.15, -0.1) is 0 Å². The number of rotatable bonds is 7. The number of para-hydroxylation sites is 1. The maximum Gasteiger partial charge on any atom is 0.255 e. The van der Waals surface area contributed by atoms with Gasteiger partial charge >= 0.3 is 0 Å². The van der Waals surface area contributed by atoms with E-state index >= 15 is 0 Å². The van der Waals surface area contributed by atoms with Gasteiger partial charge in [-0.1, -0.05) is 48.5 Å². The zero-order valence-electron chi connectivity index (χ0n) is 15.6. The molecule has 0 aliphatic heterocycles. The Hall–Kier alpha value is -3.27. The first kappa shape index (κ1) is 18.5. The maximum absolute atomic E-state index is 12.8. The molecule has 4 nitrogen and oxygen atoms in total. The highest BCUT2D eigenvalue weighted by Crippen LogP contribution is 2.30. The summed E-state index contributed by atoms with van der Waals surface area (Å²) in [5, 5.41) is 3.01. The number of hydrogen-bond acceptors (Lipinski definition) is 3. The van der Waals surface area contributed by atoms with Crippen molar-refractivity contribution in [1.82, 2.24) is 0 Å². The second kappa shape index (κ2) is 8.90. The van der Waals surface area contributed by atoms with Gasteiger partial charge in [0.15, 0.2) is 11.5 Å². The standard InChI is InChI=1S/C23H23NO3/c1-3-26-21-15-14-18(16-22(21)27-4-2)23(25)24-20-13-9-8-12-19(20)17-10-6-5-7-11-17/h5-16H,3-4H2,1-2H3,(H,24,25). The smallest absolute Gasteiger partial charge is 0.255 e. The van der Waals surface area contributed by atoms with E-state index in [0.717, 1.165) is 16.8 Å². The van der Waals surface area contributed by atoms with Gasteiger partial charge in [-0.2, -0.15) is 0 Å². The van der Waals surface area contributed by atoms with Crippen molar-refractivity contribution in [3.8, 4) is 22.6 Å². The van der Waals surface area contributed by atoms with Crippen LogP contribution in [-0.2, 0) is 0 Å². The van der Waals surface area contributed by atoms with Crippen molar-refractivity contribution in [1.29, 1.82) is 0 Å². The molecule has 0 aliphatic rings. The quantitative estimate of drug-likeness (QED) is 0.613. The zero-order chi connectivity index (χ0) is 19.1. The van der Waals surface area contributed by atoms with Crippen molar-refractivity contribution in [2.45, 2.75) is 13.8 Å². The van der Waals surface area contributed by atoms with Crippen LogP contribution in [0.2, 0.25) is 0 Å². The summed E-state index contributed by atoms with van der Waals surface area (Å²) in [4.78, 5) is 12.8. The van der Waals surface area contributed by atoms with Crippen molar-refractivity contribution >= 4 is 11.6 Å². The lowest BCUT2D eigenvalue weighted by atomic mass is 10.0. The van der Waals surface area contributed by atoms with E-state index in [1.165, 1.54) is 0 Å². The summed E-state index contributed by atoms with van der Waals surface area (Å²) in [5.74, 6) is 1.02. The molecular weight excluding hydrogens is 338 g/mol. The fourth-order valence-corrected chi connectivity index (χ4v) is 2.85. The van der Waals surface area contributed by atoms with Crippen molar-refractivity contribution in [2.24, 2.45) is 0 Å². The summed E-state index contributed by atoms with van der Waals surface area (Å²) in [6, 6.07) is 23.0. The molecular formula is C23H23NO3. The van der Waals surface area contributed by atoms with Crippen LogP contribution in [0.15, 0.2) is 72.8 Å². The molecule has 0 unspecified atom stereocenters.